The maximum Gasteiger partial charge on any atom is 1.00 e. The van der Waals surface area contributed by atoms with Crippen molar-refractivity contribution in [3.05, 3.63) is 0 Å². The fraction of sp³-hybridized carbons (Fsp3) is 0.889. The fourth-order valence-electron chi connectivity index (χ4n) is 2.03. The molecule has 1 aliphatic heterocycles. The maximum absolute atomic E-state index is 12.8. The van der Waals surface area contributed by atoms with E-state index in [0.717, 1.165) is 0 Å². The van der Waals surface area contributed by atoms with Crippen LogP contribution in [0.2, 0.25) is 0 Å². The van der Waals surface area contributed by atoms with Gasteiger partial charge >= 0.3 is 29.6 Å². The zero-order valence-corrected chi connectivity index (χ0v) is 10.8. The molecule has 15 heavy (non-hydrogen) atoms. The average Bonchev–Trinajstić information content (AvgIpc) is 2.84. The molecule has 80 valence electrons. The molecule has 1 heterocycles. The number of carbonyl (C=O) groups excluding carboxylic acids is 1. The minimum atomic E-state index is -2.61. The Morgan fingerprint density at radius 3 is 1.93 bits per heavy atom. The number of carbonyl (C=O) groups is 1. The molecular formula is C9H12F2NNaO2. The summed E-state index contributed by atoms with van der Waals surface area (Å²) in [4.78, 5) is 12.4. The number of piperidine rings is 1. The van der Waals surface area contributed by atoms with Crippen molar-refractivity contribution in [1.82, 2.24) is 4.90 Å². The molecule has 1 aliphatic carbocycles. The van der Waals surface area contributed by atoms with Gasteiger partial charge in [-0.25, -0.2) is 8.78 Å². The first-order chi connectivity index (χ1) is 6.46. The molecule has 0 aromatic rings. The molecule has 6 heteroatoms. The van der Waals surface area contributed by atoms with Crippen molar-refractivity contribution in [2.24, 2.45) is 0 Å². The number of hydrogen-bond acceptors (Lipinski definition) is 3. The number of hydrogen-bond donors (Lipinski definition) is 0. The Kier molecular flexibility index (Phi) is 3.81. The number of rotatable bonds is 2. The van der Waals surface area contributed by atoms with E-state index < -0.39 is 17.4 Å². The molecule has 2 fully saturated rings. The summed E-state index contributed by atoms with van der Waals surface area (Å²) in [6, 6.07) is 0. The average molecular weight is 227 g/mol. The standard InChI is InChI=1S/C9H13F2NO2.Na/c10-9(11)3-5-12(6-4-9)8(1-2-8)7(13)14;/h1-6H2,(H,13,14);/q;+1/p-1. The maximum atomic E-state index is 12.8. The monoisotopic (exact) mass is 227 g/mol. The third-order valence-electron chi connectivity index (χ3n) is 3.20. The Balaban J connectivity index is 0.00000112. The second kappa shape index (κ2) is 4.28. The molecule has 0 radical (unpaired) electrons. The van der Waals surface area contributed by atoms with Gasteiger partial charge in [-0.1, -0.05) is 0 Å². The summed E-state index contributed by atoms with van der Waals surface area (Å²) in [7, 11) is 0. The number of nitrogens with zero attached hydrogens (tertiary/aromatic N) is 1. The predicted octanol–water partition coefficient (Wildman–Crippen LogP) is -3.00. The summed E-state index contributed by atoms with van der Waals surface area (Å²) in [5.41, 5.74) is -0.906. The molecule has 0 unspecified atom stereocenters. The van der Waals surface area contributed by atoms with Crippen molar-refractivity contribution in [2.75, 3.05) is 13.1 Å². The molecule has 1 saturated heterocycles. The van der Waals surface area contributed by atoms with E-state index in [4.69, 9.17) is 0 Å². The number of carboxylic acid groups (broad SMARTS) is 1. The van der Waals surface area contributed by atoms with E-state index in [1.54, 1.807) is 4.90 Å². The first-order valence-electron chi connectivity index (χ1n) is 4.81. The SMILES string of the molecule is O=C([O-])C1(N2CCC(F)(F)CC2)CC1.[Na+]. The first-order valence-corrected chi connectivity index (χ1v) is 4.81. The molecule has 0 spiro atoms. The van der Waals surface area contributed by atoms with Crippen molar-refractivity contribution in [2.45, 2.75) is 37.1 Å². The van der Waals surface area contributed by atoms with Crippen molar-refractivity contribution in [1.29, 1.82) is 0 Å². The van der Waals surface area contributed by atoms with Gasteiger partial charge in [-0.3, -0.25) is 4.90 Å². The summed E-state index contributed by atoms with van der Waals surface area (Å²) in [6.07, 6.45) is 0.617. The van der Waals surface area contributed by atoms with Crippen LogP contribution in [0.1, 0.15) is 25.7 Å². The smallest absolute Gasteiger partial charge is 0.548 e. The van der Waals surface area contributed by atoms with Crippen LogP contribution in [0.5, 0.6) is 0 Å². The summed E-state index contributed by atoms with van der Waals surface area (Å²) >= 11 is 0. The first kappa shape index (κ1) is 13.4. The molecule has 2 rings (SSSR count). The second-order valence-electron chi connectivity index (χ2n) is 4.16. The van der Waals surface area contributed by atoms with Crippen molar-refractivity contribution < 1.29 is 48.2 Å². The van der Waals surface area contributed by atoms with Crippen LogP contribution in [0.25, 0.3) is 0 Å². The normalized spacial score (nSPS) is 27.9. The van der Waals surface area contributed by atoms with Gasteiger partial charge in [-0.2, -0.15) is 0 Å². The van der Waals surface area contributed by atoms with Crippen LogP contribution in [-0.2, 0) is 4.79 Å². The number of aliphatic carboxylic acids is 1. The Morgan fingerprint density at radius 1 is 1.13 bits per heavy atom. The minimum absolute atomic E-state index is 0. The van der Waals surface area contributed by atoms with Crippen LogP contribution < -0.4 is 34.7 Å². The molecule has 0 aromatic heterocycles. The van der Waals surface area contributed by atoms with Gasteiger partial charge in [0.05, 0.1) is 11.5 Å². The van der Waals surface area contributed by atoms with Crippen LogP contribution in [-0.4, -0.2) is 35.4 Å². The van der Waals surface area contributed by atoms with Gasteiger partial charge in [0.25, 0.3) is 5.92 Å². The number of alkyl halides is 2. The van der Waals surface area contributed by atoms with E-state index in [1.807, 2.05) is 0 Å². The number of halogens is 2. The quantitative estimate of drug-likeness (QED) is 0.472. The molecule has 0 amide bonds. The van der Waals surface area contributed by atoms with Crippen LogP contribution in [0, 0.1) is 0 Å². The largest absolute Gasteiger partial charge is 1.00 e. The number of likely N-dealkylation sites (tertiary alicyclic amines) is 1. The Bertz CT molecular complexity index is 259. The topological polar surface area (TPSA) is 43.4 Å². The van der Waals surface area contributed by atoms with Crippen molar-refractivity contribution >= 4 is 5.97 Å². The minimum Gasteiger partial charge on any atom is -0.548 e. The van der Waals surface area contributed by atoms with E-state index >= 15 is 0 Å². The van der Waals surface area contributed by atoms with Crippen molar-refractivity contribution in [3.63, 3.8) is 0 Å². The Morgan fingerprint density at radius 2 is 1.60 bits per heavy atom. The predicted molar refractivity (Wildman–Crippen MR) is 42.7 cm³/mol. The zero-order chi connectivity index (χ0) is 10.4. The van der Waals surface area contributed by atoms with Gasteiger partial charge in [-0.15, -0.1) is 0 Å². The van der Waals surface area contributed by atoms with Crippen molar-refractivity contribution in [3.8, 4) is 0 Å². The molecule has 0 N–H and O–H groups in total. The molecule has 0 atom stereocenters. The molecule has 0 aromatic carbocycles. The molecule has 0 bridgehead atoms. The van der Waals surface area contributed by atoms with Crippen LogP contribution >= 0.6 is 0 Å². The second-order valence-corrected chi connectivity index (χ2v) is 4.16. The van der Waals surface area contributed by atoms with Crippen LogP contribution in [0.4, 0.5) is 8.78 Å². The van der Waals surface area contributed by atoms with E-state index in [1.165, 1.54) is 0 Å². The molecule has 3 nitrogen and oxygen atoms in total. The Labute approximate surface area is 109 Å². The third-order valence-corrected chi connectivity index (χ3v) is 3.20. The summed E-state index contributed by atoms with van der Waals surface area (Å²) in [5, 5.41) is 10.8. The van der Waals surface area contributed by atoms with Crippen LogP contribution in [0.15, 0.2) is 0 Å². The van der Waals surface area contributed by atoms with Gasteiger partial charge in [0.1, 0.15) is 0 Å². The van der Waals surface area contributed by atoms with Gasteiger partial charge < -0.3 is 9.90 Å². The molecule has 1 saturated carbocycles. The van der Waals surface area contributed by atoms with Gasteiger partial charge in [0.2, 0.25) is 0 Å². The summed E-state index contributed by atoms with van der Waals surface area (Å²) in [5.74, 6) is -3.72. The van der Waals surface area contributed by atoms with Gasteiger partial charge in [0, 0.05) is 25.9 Å². The summed E-state index contributed by atoms with van der Waals surface area (Å²) < 4.78 is 25.6. The van der Waals surface area contributed by atoms with E-state index in [0.29, 0.717) is 12.8 Å². The van der Waals surface area contributed by atoms with Crippen LogP contribution in [0.3, 0.4) is 0 Å². The third kappa shape index (κ3) is 2.52. The number of carboxylic acids is 1. The van der Waals surface area contributed by atoms with Gasteiger partial charge in [0.15, 0.2) is 0 Å². The fourth-order valence-corrected chi connectivity index (χ4v) is 2.03. The summed E-state index contributed by atoms with van der Waals surface area (Å²) in [6.45, 7) is 0.335. The molecule has 2 aliphatic rings. The van der Waals surface area contributed by atoms with E-state index in [-0.39, 0.29) is 55.5 Å². The molecular weight excluding hydrogens is 215 g/mol. The Hall–Kier alpha value is 0.290. The van der Waals surface area contributed by atoms with E-state index in [9.17, 15) is 18.7 Å². The van der Waals surface area contributed by atoms with E-state index in [2.05, 4.69) is 0 Å². The zero-order valence-electron chi connectivity index (χ0n) is 8.76. The van der Waals surface area contributed by atoms with Gasteiger partial charge in [-0.05, 0) is 12.8 Å².